The van der Waals surface area contributed by atoms with E-state index in [1.807, 2.05) is 0 Å². The standard InChI is InChI=1S/C26H18O18S5/c27-23-3-1-15(11-21(23)25(29)13-5-17(46(33,34)35)9-18(6-13)47(36,37)38)45(31,32)16-2-4-24(28)22(12-16)26(30)14-7-19(48(39,40)41)10-20(8-14)49(42,43)44/h1-12,27-28H,(H,33,34,35)(H,36,37,38)(H,39,40,41)(H,42,43,44). The first-order chi connectivity index (χ1) is 22.2. The van der Waals surface area contributed by atoms with Gasteiger partial charge >= 0.3 is 0 Å². The summed E-state index contributed by atoms with van der Waals surface area (Å²) in [6, 6.07) is 6.54. The molecule has 18 nitrogen and oxygen atoms in total. The number of phenolic OH excluding ortho intramolecular Hbond substituents is 2. The van der Waals surface area contributed by atoms with Crippen LogP contribution in [0.4, 0.5) is 0 Å². The fraction of sp³-hybridized carbons (Fsp3) is 0. The Morgan fingerprint density at radius 1 is 0.388 bits per heavy atom. The number of sulfone groups is 1. The Bertz CT molecular complexity index is 2380. The molecule has 0 aromatic heterocycles. The van der Waals surface area contributed by atoms with Crippen LogP contribution in [0.5, 0.6) is 11.5 Å². The van der Waals surface area contributed by atoms with Gasteiger partial charge in [0.05, 0.1) is 40.5 Å². The summed E-state index contributed by atoms with van der Waals surface area (Å²) in [5.74, 6) is -4.63. The molecule has 0 bridgehead atoms. The van der Waals surface area contributed by atoms with Crippen LogP contribution in [0.25, 0.3) is 0 Å². The molecule has 23 heteroatoms. The number of carbonyl (C=O) groups excluding carboxylic acids is 2. The molecule has 0 aliphatic rings. The zero-order chi connectivity index (χ0) is 37.1. The number of carbonyl (C=O) groups is 2. The minimum absolute atomic E-state index is 0.314. The monoisotopic (exact) mass is 778 g/mol. The number of phenols is 2. The molecular weight excluding hydrogens is 761 g/mol. The Hall–Kier alpha value is -4.59. The molecule has 4 aromatic carbocycles. The van der Waals surface area contributed by atoms with E-state index in [0.29, 0.717) is 60.7 Å². The SMILES string of the molecule is O=C(c1cc(S(=O)(=O)O)cc(S(=O)(=O)O)c1)c1cc(S(=O)(=O)c2ccc(O)c(C(=O)c3cc(S(=O)(=O)O)cc(S(=O)(=O)O)c3)c2)ccc1O. The van der Waals surface area contributed by atoms with Crippen molar-refractivity contribution in [1.82, 2.24) is 0 Å². The average Bonchev–Trinajstić information content (AvgIpc) is 2.98. The lowest BCUT2D eigenvalue weighted by Gasteiger charge is -2.12. The third-order valence-corrected chi connectivity index (χ3v) is 11.6. The van der Waals surface area contributed by atoms with Crippen molar-refractivity contribution in [1.29, 1.82) is 0 Å². The Balaban J connectivity index is 1.85. The van der Waals surface area contributed by atoms with Gasteiger partial charge in [-0.2, -0.15) is 33.7 Å². The number of hydrogen-bond acceptors (Lipinski definition) is 14. The molecule has 0 saturated carbocycles. The molecule has 0 radical (unpaired) electrons. The molecule has 0 amide bonds. The van der Waals surface area contributed by atoms with E-state index in [1.165, 1.54) is 0 Å². The maximum absolute atomic E-state index is 13.6. The second-order valence-electron chi connectivity index (χ2n) is 9.81. The van der Waals surface area contributed by atoms with Crippen molar-refractivity contribution >= 4 is 61.9 Å². The number of aromatic hydroxyl groups is 2. The quantitative estimate of drug-likeness (QED) is 0.0978. The average molecular weight is 779 g/mol. The van der Waals surface area contributed by atoms with Gasteiger partial charge in [-0.15, -0.1) is 0 Å². The molecule has 49 heavy (non-hydrogen) atoms. The van der Waals surface area contributed by atoms with Crippen molar-refractivity contribution in [3.8, 4) is 11.5 Å². The molecule has 0 saturated heterocycles. The van der Waals surface area contributed by atoms with Crippen LogP contribution in [0, 0.1) is 0 Å². The molecule has 0 aliphatic carbocycles. The Labute approximate surface area is 276 Å². The first kappa shape index (κ1) is 37.2. The van der Waals surface area contributed by atoms with Gasteiger partial charge in [0.2, 0.25) is 9.84 Å². The summed E-state index contributed by atoms with van der Waals surface area (Å²) >= 11 is 0. The van der Waals surface area contributed by atoms with Gasteiger partial charge in [-0.3, -0.25) is 27.8 Å². The molecule has 0 fully saturated rings. The van der Waals surface area contributed by atoms with Crippen LogP contribution < -0.4 is 0 Å². The van der Waals surface area contributed by atoms with Crippen LogP contribution in [0.15, 0.2) is 102 Å². The highest BCUT2D eigenvalue weighted by atomic mass is 32.2. The number of benzene rings is 4. The van der Waals surface area contributed by atoms with Crippen molar-refractivity contribution in [2.24, 2.45) is 0 Å². The van der Waals surface area contributed by atoms with Crippen molar-refractivity contribution < 1.29 is 80.1 Å². The van der Waals surface area contributed by atoms with E-state index in [-0.39, 0.29) is 0 Å². The third-order valence-electron chi connectivity index (χ3n) is 6.52. The van der Waals surface area contributed by atoms with E-state index in [0.717, 1.165) is 12.1 Å². The van der Waals surface area contributed by atoms with Gasteiger partial charge in [0, 0.05) is 11.1 Å². The Kier molecular flexibility index (Phi) is 9.41. The highest BCUT2D eigenvalue weighted by Gasteiger charge is 2.28. The first-order valence-corrected chi connectivity index (χ1v) is 19.7. The lowest BCUT2D eigenvalue weighted by molar-refractivity contribution is 0.102. The van der Waals surface area contributed by atoms with E-state index in [2.05, 4.69) is 0 Å². The molecule has 0 spiro atoms. The lowest BCUT2D eigenvalue weighted by atomic mass is 10.0. The van der Waals surface area contributed by atoms with E-state index in [1.54, 1.807) is 0 Å². The topological polar surface area (TPSA) is 326 Å². The van der Waals surface area contributed by atoms with Crippen molar-refractivity contribution in [2.45, 2.75) is 29.4 Å². The molecular formula is C26H18O18S5. The number of rotatable bonds is 10. The number of ketones is 2. The summed E-state index contributed by atoms with van der Waals surface area (Å²) in [7, 11) is -25.5. The molecule has 0 heterocycles. The maximum Gasteiger partial charge on any atom is 0.294 e. The van der Waals surface area contributed by atoms with Gasteiger partial charge in [-0.1, -0.05) is 0 Å². The van der Waals surface area contributed by atoms with Gasteiger partial charge in [-0.05, 0) is 72.8 Å². The zero-order valence-corrected chi connectivity index (χ0v) is 27.6. The van der Waals surface area contributed by atoms with Crippen LogP contribution in [-0.2, 0) is 50.3 Å². The lowest BCUT2D eigenvalue weighted by Crippen LogP contribution is -2.11. The van der Waals surface area contributed by atoms with Crippen molar-refractivity contribution in [2.75, 3.05) is 0 Å². The smallest absolute Gasteiger partial charge is 0.294 e. The molecule has 4 aromatic rings. The van der Waals surface area contributed by atoms with Gasteiger partial charge in [0.1, 0.15) is 11.5 Å². The van der Waals surface area contributed by atoms with E-state index in [4.69, 9.17) is 0 Å². The van der Waals surface area contributed by atoms with Crippen molar-refractivity contribution in [3.63, 3.8) is 0 Å². The predicted octanol–water partition coefficient (Wildman–Crippen LogP) is 1.38. The molecule has 0 atom stereocenters. The van der Waals surface area contributed by atoms with E-state index >= 15 is 0 Å². The largest absolute Gasteiger partial charge is 0.507 e. The molecule has 0 unspecified atom stereocenters. The van der Waals surface area contributed by atoms with Crippen LogP contribution in [0.2, 0.25) is 0 Å². The highest BCUT2D eigenvalue weighted by molar-refractivity contribution is 7.91. The Morgan fingerprint density at radius 2 is 0.653 bits per heavy atom. The predicted molar refractivity (Wildman–Crippen MR) is 161 cm³/mol. The molecule has 260 valence electrons. The van der Waals surface area contributed by atoms with Crippen LogP contribution in [0.1, 0.15) is 31.8 Å². The molecule has 6 N–H and O–H groups in total. The molecule has 0 aliphatic heterocycles. The molecule has 4 rings (SSSR count). The summed E-state index contributed by atoms with van der Waals surface area (Å²) < 4.78 is 158. The summed E-state index contributed by atoms with van der Waals surface area (Å²) in [5, 5.41) is 20.7. The van der Waals surface area contributed by atoms with Crippen LogP contribution in [-0.4, -0.2) is 82.1 Å². The van der Waals surface area contributed by atoms with Gasteiger partial charge in [0.25, 0.3) is 40.5 Å². The van der Waals surface area contributed by atoms with Gasteiger partial charge < -0.3 is 10.2 Å². The second kappa shape index (κ2) is 12.4. The maximum atomic E-state index is 13.6. The number of hydrogen-bond donors (Lipinski definition) is 6. The fourth-order valence-corrected chi connectivity index (χ4v) is 7.85. The van der Waals surface area contributed by atoms with E-state index < -0.39 is 125 Å². The van der Waals surface area contributed by atoms with Crippen LogP contribution >= 0.6 is 0 Å². The van der Waals surface area contributed by atoms with E-state index in [9.17, 15) is 80.1 Å². The second-order valence-corrected chi connectivity index (χ2v) is 17.4. The minimum Gasteiger partial charge on any atom is -0.507 e. The van der Waals surface area contributed by atoms with Crippen molar-refractivity contribution in [3.05, 3.63) is 95.1 Å². The van der Waals surface area contributed by atoms with Crippen LogP contribution in [0.3, 0.4) is 0 Å². The fourth-order valence-electron chi connectivity index (χ4n) is 4.18. The third kappa shape index (κ3) is 7.85. The zero-order valence-electron chi connectivity index (χ0n) is 23.6. The Morgan fingerprint density at radius 3 is 0.898 bits per heavy atom. The summed E-state index contributed by atoms with van der Waals surface area (Å²) in [4.78, 5) is 20.3. The normalized spacial score (nSPS) is 12.8. The highest BCUT2D eigenvalue weighted by Crippen LogP contribution is 2.32. The minimum atomic E-state index is -5.17. The first-order valence-electron chi connectivity index (χ1n) is 12.4. The van der Waals surface area contributed by atoms with Gasteiger partial charge in [0.15, 0.2) is 11.6 Å². The van der Waals surface area contributed by atoms with Gasteiger partial charge in [-0.25, -0.2) is 8.42 Å². The summed E-state index contributed by atoms with van der Waals surface area (Å²) in [5.41, 5.74) is -3.46. The summed E-state index contributed by atoms with van der Waals surface area (Å²) in [6.45, 7) is 0. The summed E-state index contributed by atoms with van der Waals surface area (Å²) in [6.07, 6.45) is 0.